The first-order valence-corrected chi connectivity index (χ1v) is 12.2. The topological polar surface area (TPSA) is 124 Å². The predicted molar refractivity (Wildman–Crippen MR) is 150 cm³/mol. The molecule has 0 bridgehead atoms. The summed E-state index contributed by atoms with van der Waals surface area (Å²) in [6.45, 7) is 0. The number of nitriles is 1. The van der Waals surface area contributed by atoms with Gasteiger partial charge in [0.1, 0.15) is 40.4 Å². The molecular weight excluding hydrogens is 534 g/mol. The number of nitro groups is 1. The van der Waals surface area contributed by atoms with E-state index in [0.29, 0.717) is 39.9 Å². The molecule has 0 aliphatic heterocycles. The first-order chi connectivity index (χ1) is 19.4. The fraction of sp³-hybridized carbons (Fsp3) is 0.0667. The van der Waals surface area contributed by atoms with Crippen LogP contribution < -0.4 is 9.47 Å². The lowest BCUT2D eigenvalue weighted by atomic mass is 9.98. The number of nitrogens with zero attached hydrogens (tertiary/aromatic N) is 3. The molecule has 0 atom stereocenters. The second kappa shape index (κ2) is 11.2. The largest absolute Gasteiger partial charge is 0.497 e. The van der Waals surface area contributed by atoms with Crippen molar-refractivity contribution in [1.29, 1.82) is 5.26 Å². The van der Waals surface area contributed by atoms with Gasteiger partial charge in [-0.3, -0.25) is 10.1 Å². The van der Waals surface area contributed by atoms with Crippen LogP contribution >= 0.6 is 11.6 Å². The lowest BCUT2D eigenvalue weighted by Gasteiger charge is -2.06. The van der Waals surface area contributed by atoms with Crippen molar-refractivity contribution in [2.75, 3.05) is 14.2 Å². The quantitative estimate of drug-likeness (QED) is 0.108. The second-order valence-corrected chi connectivity index (χ2v) is 8.84. The summed E-state index contributed by atoms with van der Waals surface area (Å²) in [5.41, 5.74) is 2.69. The van der Waals surface area contributed by atoms with Gasteiger partial charge in [0.05, 0.1) is 30.4 Å². The molecule has 3 aromatic carbocycles. The van der Waals surface area contributed by atoms with Gasteiger partial charge in [0, 0.05) is 28.8 Å². The minimum Gasteiger partial charge on any atom is -0.497 e. The fourth-order valence-electron chi connectivity index (χ4n) is 4.10. The third-order valence-electron chi connectivity index (χ3n) is 6.10. The van der Waals surface area contributed by atoms with Crippen molar-refractivity contribution in [3.8, 4) is 51.3 Å². The van der Waals surface area contributed by atoms with Gasteiger partial charge in [-0.15, -0.1) is 0 Å². The molecule has 0 spiro atoms. The highest BCUT2D eigenvalue weighted by atomic mass is 35.5. The van der Waals surface area contributed by atoms with Gasteiger partial charge in [-0.1, -0.05) is 23.7 Å². The van der Waals surface area contributed by atoms with Crippen LogP contribution in [0, 0.1) is 21.4 Å². The first kappa shape index (κ1) is 26.3. The molecule has 0 saturated carbocycles. The summed E-state index contributed by atoms with van der Waals surface area (Å²) >= 11 is 6.24. The number of methoxy groups -OCH3 is 2. The zero-order valence-corrected chi connectivity index (χ0v) is 22.0. The third kappa shape index (κ3) is 5.16. The number of nitro benzene ring substituents is 1. The van der Waals surface area contributed by atoms with Crippen molar-refractivity contribution in [2.45, 2.75) is 0 Å². The number of rotatable bonds is 8. The SMILES string of the molecule is COc1ccc(-c2oc(/N=C/c3ccc(-c4ccc([N+](=O)[O-])cc4Cl)o3)c(C#N)c2-c2ccc(OC)cc2)cc1. The Bertz CT molecular complexity index is 1760. The number of furan rings is 2. The number of non-ortho nitro benzene ring substituents is 1. The summed E-state index contributed by atoms with van der Waals surface area (Å²) < 4.78 is 22.6. The van der Waals surface area contributed by atoms with Crippen LogP contribution in [0.3, 0.4) is 0 Å². The zero-order chi connectivity index (χ0) is 28.2. The van der Waals surface area contributed by atoms with Crippen molar-refractivity contribution >= 4 is 29.4 Å². The highest BCUT2D eigenvalue weighted by Crippen LogP contribution is 2.43. The van der Waals surface area contributed by atoms with Gasteiger partial charge in [-0.05, 0) is 60.2 Å². The molecule has 0 unspecified atom stereocenters. The summed E-state index contributed by atoms with van der Waals surface area (Å²) in [4.78, 5) is 14.9. The van der Waals surface area contributed by atoms with Crippen LogP contribution in [-0.2, 0) is 0 Å². The molecule has 198 valence electrons. The van der Waals surface area contributed by atoms with E-state index in [1.54, 1.807) is 50.6 Å². The lowest BCUT2D eigenvalue weighted by Crippen LogP contribution is -1.88. The van der Waals surface area contributed by atoms with Crippen molar-refractivity contribution < 1.29 is 23.2 Å². The summed E-state index contributed by atoms with van der Waals surface area (Å²) in [6.07, 6.45) is 1.43. The van der Waals surface area contributed by atoms with E-state index >= 15 is 0 Å². The maximum Gasteiger partial charge on any atom is 0.270 e. The van der Waals surface area contributed by atoms with E-state index in [9.17, 15) is 15.4 Å². The normalized spacial score (nSPS) is 10.9. The molecule has 0 amide bonds. The van der Waals surface area contributed by atoms with Gasteiger partial charge in [-0.25, -0.2) is 4.99 Å². The molecule has 2 aromatic heterocycles. The van der Waals surface area contributed by atoms with Crippen LogP contribution in [0.1, 0.15) is 11.3 Å². The van der Waals surface area contributed by atoms with E-state index in [4.69, 9.17) is 29.9 Å². The van der Waals surface area contributed by atoms with E-state index in [1.807, 2.05) is 24.3 Å². The Morgan fingerprint density at radius 3 is 2.15 bits per heavy atom. The van der Waals surface area contributed by atoms with Gasteiger partial charge in [0.25, 0.3) is 5.69 Å². The van der Waals surface area contributed by atoms with Gasteiger partial charge < -0.3 is 18.3 Å². The Morgan fingerprint density at radius 1 is 0.925 bits per heavy atom. The average Bonchev–Trinajstić information content (AvgIpc) is 3.60. The summed E-state index contributed by atoms with van der Waals surface area (Å²) in [5.74, 6) is 2.69. The Morgan fingerprint density at radius 2 is 1.57 bits per heavy atom. The van der Waals surface area contributed by atoms with Crippen molar-refractivity contribution in [3.05, 3.63) is 105 Å². The smallest absolute Gasteiger partial charge is 0.270 e. The van der Waals surface area contributed by atoms with Crippen LogP contribution in [0.4, 0.5) is 11.6 Å². The molecule has 0 N–H and O–H groups in total. The Kier molecular flexibility index (Phi) is 7.35. The molecule has 40 heavy (non-hydrogen) atoms. The Labute approximate surface area is 233 Å². The molecular formula is C30H20ClN3O6. The van der Waals surface area contributed by atoms with Crippen LogP contribution in [0.25, 0.3) is 33.8 Å². The summed E-state index contributed by atoms with van der Waals surface area (Å²) in [5, 5.41) is 21.3. The average molecular weight is 554 g/mol. The number of ether oxygens (including phenoxy) is 2. The number of aliphatic imine (C=N–C) groups is 1. The van der Waals surface area contributed by atoms with Crippen molar-refractivity contribution in [2.24, 2.45) is 4.99 Å². The van der Waals surface area contributed by atoms with Gasteiger partial charge in [-0.2, -0.15) is 5.26 Å². The predicted octanol–water partition coefficient (Wildman–Crippen LogP) is 8.07. The van der Waals surface area contributed by atoms with E-state index in [-0.39, 0.29) is 22.2 Å². The molecule has 10 heteroatoms. The van der Waals surface area contributed by atoms with Crippen molar-refractivity contribution in [3.63, 3.8) is 0 Å². The van der Waals surface area contributed by atoms with E-state index < -0.39 is 4.92 Å². The highest BCUT2D eigenvalue weighted by molar-refractivity contribution is 6.33. The minimum atomic E-state index is -0.521. The van der Waals surface area contributed by atoms with Gasteiger partial charge in [0.2, 0.25) is 5.88 Å². The van der Waals surface area contributed by atoms with E-state index in [2.05, 4.69) is 11.1 Å². The number of hydrogen-bond acceptors (Lipinski definition) is 8. The monoisotopic (exact) mass is 553 g/mol. The van der Waals surface area contributed by atoms with Crippen LogP contribution in [0.5, 0.6) is 11.5 Å². The van der Waals surface area contributed by atoms with E-state index in [1.165, 1.54) is 24.4 Å². The van der Waals surface area contributed by atoms with Gasteiger partial charge >= 0.3 is 0 Å². The maximum atomic E-state index is 11.0. The van der Waals surface area contributed by atoms with E-state index in [0.717, 1.165) is 11.1 Å². The number of halogens is 1. The van der Waals surface area contributed by atoms with Crippen LogP contribution in [-0.4, -0.2) is 25.4 Å². The molecule has 0 saturated heterocycles. The molecule has 0 fully saturated rings. The Hall–Kier alpha value is -5.33. The molecule has 5 rings (SSSR count). The third-order valence-corrected chi connectivity index (χ3v) is 6.41. The molecule has 5 aromatic rings. The highest BCUT2D eigenvalue weighted by Gasteiger charge is 2.23. The molecule has 2 heterocycles. The maximum absolute atomic E-state index is 11.0. The molecule has 0 radical (unpaired) electrons. The minimum absolute atomic E-state index is 0.102. The molecule has 0 aliphatic rings. The van der Waals surface area contributed by atoms with Gasteiger partial charge in [0.15, 0.2) is 0 Å². The standard InChI is InChI=1S/C30H20ClN3O6/c1-37-21-8-3-18(4-9-21)28-25(16-32)30(40-29(28)19-5-10-22(38-2)11-6-19)33-17-23-12-14-27(39-23)24-13-7-20(34(35)36)15-26(24)31/h3-15,17H,1-2H3/b33-17+. The fourth-order valence-corrected chi connectivity index (χ4v) is 4.37. The lowest BCUT2D eigenvalue weighted by molar-refractivity contribution is -0.384. The molecule has 0 aliphatic carbocycles. The summed E-state index contributed by atoms with van der Waals surface area (Å²) in [6, 6.07) is 24.3. The zero-order valence-electron chi connectivity index (χ0n) is 21.3. The van der Waals surface area contributed by atoms with Crippen LogP contribution in [0.15, 0.2) is 92.7 Å². The van der Waals surface area contributed by atoms with Crippen molar-refractivity contribution in [1.82, 2.24) is 0 Å². The number of benzene rings is 3. The Balaban J connectivity index is 1.54. The molecule has 9 nitrogen and oxygen atoms in total. The first-order valence-electron chi connectivity index (χ1n) is 11.9. The number of hydrogen-bond donors (Lipinski definition) is 0. The summed E-state index contributed by atoms with van der Waals surface area (Å²) in [7, 11) is 3.17. The van der Waals surface area contributed by atoms with Crippen LogP contribution in [0.2, 0.25) is 5.02 Å². The second-order valence-electron chi connectivity index (χ2n) is 8.44.